The van der Waals surface area contributed by atoms with Gasteiger partial charge in [0.05, 0.1) is 11.9 Å². The maximum absolute atomic E-state index is 5.75. The molecule has 0 bridgehead atoms. The molecule has 4 N–H and O–H groups in total. The van der Waals surface area contributed by atoms with Gasteiger partial charge in [0.15, 0.2) is 5.82 Å². The predicted octanol–water partition coefficient (Wildman–Crippen LogP) is 3.14. The van der Waals surface area contributed by atoms with E-state index >= 15 is 0 Å². The summed E-state index contributed by atoms with van der Waals surface area (Å²) in [5.41, 5.74) is 8.66. The summed E-state index contributed by atoms with van der Waals surface area (Å²) in [7, 11) is 1.78. The van der Waals surface area contributed by atoms with Crippen molar-refractivity contribution in [1.29, 1.82) is 0 Å². The van der Waals surface area contributed by atoms with Crippen LogP contribution in [-0.4, -0.2) is 17.0 Å². The van der Waals surface area contributed by atoms with Gasteiger partial charge >= 0.3 is 0 Å². The van der Waals surface area contributed by atoms with Gasteiger partial charge in [0, 0.05) is 12.7 Å². The summed E-state index contributed by atoms with van der Waals surface area (Å²) in [6, 6.07) is 8.27. The molecule has 5 heteroatoms. The summed E-state index contributed by atoms with van der Waals surface area (Å²) in [5, 5.41) is 6.10. The van der Waals surface area contributed by atoms with Crippen LogP contribution in [0.15, 0.2) is 30.5 Å². The SMILES string of the molecule is CNc1nc(Nc2ccc(C(C)(C)C)cc2)ncc1N. The Morgan fingerprint density at radius 1 is 1.10 bits per heavy atom. The van der Waals surface area contributed by atoms with Gasteiger partial charge < -0.3 is 16.4 Å². The van der Waals surface area contributed by atoms with E-state index in [1.165, 1.54) is 5.56 Å². The zero-order valence-corrected chi connectivity index (χ0v) is 12.4. The van der Waals surface area contributed by atoms with Crippen LogP contribution in [0.25, 0.3) is 0 Å². The van der Waals surface area contributed by atoms with Crippen LogP contribution in [0.3, 0.4) is 0 Å². The molecule has 0 saturated heterocycles. The van der Waals surface area contributed by atoms with Crippen molar-refractivity contribution in [1.82, 2.24) is 9.97 Å². The summed E-state index contributed by atoms with van der Waals surface area (Å²) < 4.78 is 0. The number of benzene rings is 1. The van der Waals surface area contributed by atoms with E-state index in [9.17, 15) is 0 Å². The number of rotatable bonds is 3. The van der Waals surface area contributed by atoms with Crippen molar-refractivity contribution in [2.75, 3.05) is 23.4 Å². The van der Waals surface area contributed by atoms with E-state index in [4.69, 9.17) is 5.73 Å². The molecule has 0 unspecified atom stereocenters. The molecule has 2 rings (SSSR count). The third-order valence-corrected chi connectivity index (χ3v) is 3.06. The Morgan fingerprint density at radius 2 is 1.75 bits per heavy atom. The second-order valence-corrected chi connectivity index (χ2v) is 5.70. The largest absolute Gasteiger partial charge is 0.394 e. The maximum Gasteiger partial charge on any atom is 0.229 e. The predicted molar refractivity (Wildman–Crippen MR) is 84.4 cm³/mol. The van der Waals surface area contributed by atoms with Crippen LogP contribution in [0.2, 0.25) is 0 Å². The van der Waals surface area contributed by atoms with Crippen LogP contribution >= 0.6 is 0 Å². The van der Waals surface area contributed by atoms with Gasteiger partial charge in [0.25, 0.3) is 0 Å². The standard InChI is InChI=1S/C15H21N5/c1-15(2,3)10-5-7-11(8-6-10)19-14-18-9-12(16)13(17-4)20-14/h5-9H,16H2,1-4H3,(H2,17,18,19,20). The van der Waals surface area contributed by atoms with E-state index in [1.807, 2.05) is 12.1 Å². The van der Waals surface area contributed by atoms with Crippen molar-refractivity contribution in [2.45, 2.75) is 26.2 Å². The average Bonchev–Trinajstić information content (AvgIpc) is 2.40. The zero-order chi connectivity index (χ0) is 14.8. The number of hydrogen-bond acceptors (Lipinski definition) is 5. The molecule has 20 heavy (non-hydrogen) atoms. The second-order valence-electron chi connectivity index (χ2n) is 5.70. The molecule has 1 aromatic carbocycles. The number of anilines is 4. The fourth-order valence-electron chi connectivity index (χ4n) is 1.83. The van der Waals surface area contributed by atoms with Crippen molar-refractivity contribution < 1.29 is 0 Å². The van der Waals surface area contributed by atoms with Crippen molar-refractivity contribution in [3.05, 3.63) is 36.0 Å². The van der Waals surface area contributed by atoms with Crippen molar-refractivity contribution in [3.8, 4) is 0 Å². The van der Waals surface area contributed by atoms with Crippen LogP contribution in [0, 0.1) is 0 Å². The molecule has 0 amide bonds. The number of aromatic nitrogens is 2. The molecule has 0 spiro atoms. The van der Waals surface area contributed by atoms with Crippen LogP contribution in [-0.2, 0) is 5.41 Å². The summed E-state index contributed by atoms with van der Waals surface area (Å²) in [4.78, 5) is 8.47. The quantitative estimate of drug-likeness (QED) is 0.799. The lowest BCUT2D eigenvalue weighted by atomic mass is 9.87. The molecule has 0 aliphatic carbocycles. The minimum atomic E-state index is 0.148. The first kappa shape index (κ1) is 14.1. The van der Waals surface area contributed by atoms with Gasteiger partial charge in [-0.2, -0.15) is 4.98 Å². The molecule has 106 valence electrons. The van der Waals surface area contributed by atoms with Crippen LogP contribution in [0.1, 0.15) is 26.3 Å². The van der Waals surface area contributed by atoms with E-state index in [1.54, 1.807) is 13.2 Å². The van der Waals surface area contributed by atoms with Gasteiger partial charge in [-0.25, -0.2) is 4.98 Å². The fraction of sp³-hybridized carbons (Fsp3) is 0.333. The first-order chi connectivity index (χ1) is 9.40. The molecular formula is C15H21N5. The van der Waals surface area contributed by atoms with Gasteiger partial charge in [-0.15, -0.1) is 0 Å². The first-order valence-electron chi connectivity index (χ1n) is 6.58. The maximum atomic E-state index is 5.75. The normalized spacial score (nSPS) is 11.2. The third kappa shape index (κ3) is 3.17. The van der Waals surface area contributed by atoms with E-state index in [0.717, 1.165) is 5.69 Å². The van der Waals surface area contributed by atoms with E-state index in [2.05, 4.69) is 53.5 Å². The summed E-state index contributed by atoms with van der Waals surface area (Å²) >= 11 is 0. The highest BCUT2D eigenvalue weighted by Gasteiger charge is 2.13. The average molecular weight is 271 g/mol. The lowest BCUT2D eigenvalue weighted by Gasteiger charge is -2.19. The molecule has 0 atom stereocenters. The van der Waals surface area contributed by atoms with Crippen LogP contribution in [0.5, 0.6) is 0 Å². The number of hydrogen-bond donors (Lipinski definition) is 3. The topological polar surface area (TPSA) is 75.9 Å². The van der Waals surface area contributed by atoms with Gasteiger partial charge in [-0.1, -0.05) is 32.9 Å². The first-order valence-corrected chi connectivity index (χ1v) is 6.58. The van der Waals surface area contributed by atoms with Crippen LogP contribution < -0.4 is 16.4 Å². The number of nitrogen functional groups attached to an aromatic ring is 1. The molecule has 1 heterocycles. The van der Waals surface area contributed by atoms with Gasteiger partial charge in [-0.05, 0) is 23.1 Å². The Kier molecular flexibility index (Phi) is 3.79. The smallest absolute Gasteiger partial charge is 0.229 e. The lowest BCUT2D eigenvalue weighted by Crippen LogP contribution is -2.10. The molecule has 0 fully saturated rings. The summed E-state index contributed by atoms with van der Waals surface area (Å²) in [6.07, 6.45) is 1.59. The van der Waals surface area contributed by atoms with E-state index in [-0.39, 0.29) is 5.41 Å². The number of nitrogens with two attached hydrogens (primary N) is 1. The monoisotopic (exact) mass is 271 g/mol. The van der Waals surface area contributed by atoms with Crippen molar-refractivity contribution in [2.24, 2.45) is 0 Å². The minimum absolute atomic E-state index is 0.148. The molecule has 0 aliphatic rings. The number of nitrogens with zero attached hydrogens (tertiary/aromatic N) is 2. The summed E-state index contributed by atoms with van der Waals surface area (Å²) in [6.45, 7) is 6.58. The molecule has 0 radical (unpaired) electrons. The Morgan fingerprint density at radius 3 is 2.30 bits per heavy atom. The molecule has 2 aromatic rings. The zero-order valence-electron chi connectivity index (χ0n) is 12.4. The molecular weight excluding hydrogens is 250 g/mol. The molecule has 0 saturated carbocycles. The molecule has 5 nitrogen and oxygen atoms in total. The highest BCUT2D eigenvalue weighted by Crippen LogP contribution is 2.24. The van der Waals surface area contributed by atoms with Gasteiger partial charge in [0.2, 0.25) is 5.95 Å². The number of nitrogens with one attached hydrogen (secondary N) is 2. The highest BCUT2D eigenvalue weighted by molar-refractivity contribution is 5.63. The van der Waals surface area contributed by atoms with Gasteiger partial charge in [0.1, 0.15) is 0 Å². The van der Waals surface area contributed by atoms with Crippen LogP contribution in [0.4, 0.5) is 23.1 Å². The van der Waals surface area contributed by atoms with E-state index in [0.29, 0.717) is 17.5 Å². The Labute approximate surface area is 119 Å². The third-order valence-electron chi connectivity index (χ3n) is 3.06. The highest BCUT2D eigenvalue weighted by atomic mass is 15.1. The Hall–Kier alpha value is -2.30. The second kappa shape index (κ2) is 5.36. The Bertz CT molecular complexity index is 584. The van der Waals surface area contributed by atoms with Gasteiger partial charge in [-0.3, -0.25) is 0 Å². The fourth-order valence-corrected chi connectivity index (χ4v) is 1.83. The lowest BCUT2D eigenvalue weighted by molar-refractivity contribution is 0.590. The minimum Gasteiger partial charge on any atom is -0.394 e. The molecule has 0 aliphatic heterocycles. The van der Waals surface area contributed by atoms with E-state index < -0.39 is 0 Å². The van der Waals surface area contributed by atoms with Crippen molar-refractivity contribution >= 4 is 23.1 Å². The molecule has 1 aromatic heterocycles. The summed E-state index contributed by atoms with van der Waals surface area (Å²) in [5.74, 6) is 1.14. The Balaban J connectivity index is 2.18. The van der Waals surface area contributed by atoms with Crippen molar-refractivity contribution in [3.63, 3.8) is 0 Å².